The van der Waals surface area contributed by atoms with Crippen molar-refractivity contribution in [1.82, 2.24) is 4.98 Å². The molecule has 0 radical (unpaired) electrons. The maximum atomic E-state index is 11.8. The Kier molecular flexibility index (Phi) is 3.63. The van der Waals surface area contributed by atoms with Crippen LogP contribution in [-0.4, -0.2) is 35.1 Å². The monoisotopic (exact) mass is 313 g/mol. The molecule has 0 aliphatic carbocycles. The molecule has 3 N–H and O–H groups in total. The molecule has 0 spiro atoms. The second-order valence-corrected chi connectivity index (χ2v) is 4.99. The van der Waals surface area contributed by atoms with Crippen molar-refractivity contribution in [3.05, 3.63) is 22.3 Å². The van der Waals surface area contributed by atoms with Gasteiger partial charge in [0.25, 0.3) is 0 Å². The van der Waals surface area contributed by atoms with E-state index in [1.807, 2.05) is 0 Å². The summed E-state index contributed by atoms with van der Waals surface area (Å²) in [5.41, 5.74) is 5.62. The summed E-state index contributed by atoms with van der Waals surface area (Å²) in [6, 6.07) is 1.39. The molecule has 0 bridgehead atoms. The van der Waals surface area contributed by atoms with Crippen LogP contribution in [0.5, 0.6) is 0 Å². The van der Waals surface area contributed by atoms with E-state index >= 15 is 0 Å². The van der Waals surface area contributed by atoms with E-state index in [0.29, 0.717) is 29.8 Å². The number of carboxylic acid groups (broad SMARTS) is 1. The van der Waals surface area contributed by atoms with Crippen LogP contribution in [0.2, 0.25) is 0 Å². The summed E-state index contributed by atoms with van der Waals surface area (Å²) in [5, 5.41) is 9.02. The van der Waals surface area contributed by atoms with Crippen molar-refractivity contribution in [1.29, 1.82) is 0 Å². The number of pyridine rings is 1. The molecule has 1 amide bonds. The van der Waals surface area contributed by atoms with Gasteiger partial charge in [-0.15, -0.1) is 0 Å². The highest BCUT2D eigenvalue weighted by atomic mass is 79.9. The van der Waals surface area contributed by atoms with E-state index in [-0.39, 0.29) is 17.4 Å². The molecule has 1 atom stereocenters. The number of halogens is 1. The first-order valence-corrected chi connectivity index (χ1v) is 6.21. The number of carboxylic acids is 1. The molecule has 1 aliphatic heterocycles. The van der Waals surface area contributed by atoms with Gasteiger partial charge in [-0.1, -0.05) is 0 Å². The summed E-state index contributed by atoms with van der Waals surface area (Å²) in [7, 11) is 0. The van der Waals surface area contributed by atoms with Crippen molar-refractivity contribution >= 4 is 33.6 Å². The third-order valence-electron chi connectivity index (χ3n) is 2.89. The first-order valence-electron chi connectivity index (χ1n) is 5.42. The fraction of sp³-hybridized carbons (Fsp3) is 0.364. The first-order chi connectivity index (χ1) is 8.52. The Morgan fingerprint density at radius 2 is 2.39 bits per heavy atom. The molecule has 7 heteroatoms. The van der Waals surface area contributed by atoms with Gasteiger partial charge in [-0.05, 0) is 34.5 Å². The molecule has 1 aromatic rings. The molecule has 1 aliphatic rings. The van der Waals surface area contributed by atoms with E-state index in [1.54, 1.807) is 0 Å². The highest BCUT2D eigenvalue weighted by Crippen LogP contribution is 2.26. The fourth-order valence-electron chi connectivity index (χ4n) is 1.90. The summed E-state index contributed by atoms with van der Waals surface area (Å²) < 4.78 is 0.390. The lowest BCUT2D eigenvalue weighted by Gasteiger charge is -2.16. The minimum Gasteiger partial charge on any atom is -0.478 e. The summed E-state index contributed by atoms with van der Waals surface area (Å²) in [6.07, 6.45) is 1.78. The highest BCUT2D eigenvalue weighted by molar-refractivity contribution is 9.10. The number of amides is 1. The van der Waals surface area contributed by atoms with Gasteiger partial charge in [0.05, 0.1) is 10.0 Å². The zero-order valence-corrected chi connectivity index (χ0v) is 11.1. The van der Waals surface area contributed by atoms with Crippen LogP contribution >= 0.6 is 15.9 Å². The number of rotatable bonds is 3. The summed E-state index contributed by atoms with van der Waals surface area (Å²) >= 11 is 3.11. The summed E-state index contributed by atoms with van der Waals surface area (Å²) in [5.74, 6) is -0.670. The Bertz CT molecular complexity index is 506. The number of hydrogen-bond donors (Lipinski definition) is 2. The lowest BCUT2D eigenvalue weighted by molar-refractivity contribution is -0.117. The Morgan fingerprint density at radius 3 is 2.94 bits per heavy atom. The van der Waals surface area contributed by atoms with Crippen molar-refractivity contribution in [3.63, 3.8) is 0 Å². The number of aromatic carboxylic acids is 1. The maximum absolute atomic E-state index is 11.8. The SMILES string of the molecule is NCC1CC(=O)N(c2cc(C(=O)O)c(Br)cn2)C1. The molecule has 2 rings (SSSR count). The van der Waals surface area contributed by atoms with Crippen LogP contribution in [0, 0.1) is 5.92 Å². The summed E-state index contributed by atoms with van der Waals surface area (Å²) in [4.78, 5) is 28.4. The van der Waals surface area contributed by atoms with Crippen LogP contribution in [0.4, 0.5) is 5.82 Å². The predicted molar refractivity (Wildman–Crippen MR) is 68.4 cm³/mol. The standard InChI is InChI=1S/C11H12BrN3O3/c12-8-4-14-9(2-7(8)11(17)18)15-5-6(3-13)1-10(15)16/h2,4,6H,1,3,5,13H2,(H,17,18). The normalized spacial score (nSPS) is 19.3. The second-order valence-electron chi connectivity index (χ2n) is 4.14. The van der Waals surface area contributed by atoms with Gasteiger partial charge in [0.15, 0.2) is 0 Å². The van der Waals surface area contributed by atoms with E-state index < -0.39 is 5.97 Å². The molecule has 18 heavy (non-hydrogen) atoms. The van der Waals surface area contributed by atoms with Gasteiger partial charge in [0.1, 0.15) is 5.82 Å². The first kappa shape index (κ1) is 13.0. The number of nitrogens with zero attached hydrogens (tertiary/aromatic N) is 2. The molecule has 1 saturated heterocycles. The largest absolute Gasteiger partial charge is 0.478 e. The predicted octanol–water partition coefficient (Wildman–Crippen LogP) is 0.854. The van der Waals surface area contributed by atoms with Gasteiger partial charge in [-0.25, -0.2) is 9.78 Å². The molecule has 96 valence electrons. The van der Waals surface area contributed by atoms with Gasteiger partial charge in [-0.2, -0.15) is 0 Å². The van der Waals surface area contributed by atoms with E-state index in [9.17, 15) is 9.59 Å². The van der Waals surface area contributed by atoms with E-state index in [2.05, 4.69) is 20.9 Å². The van der Waals surface area contributed by atoms with E-state index in [0.717, 1.165) is 0 Å². The maximum Gasteiger partial charge on any atom is 0.337 e. The second kappa shape index (κ2) is 5.03. The lowest BCUT2D eigenvalue weighted by Crippen LogP contribution is -2.26. The van der Waals surface area contributed by atoms with E-state index in [4.69, 9.17) is 10.8 Å². The Labute approximate surface area is 112 Å². The summed E-state index contributed by atoms with van der Waals surface area (Å²) in [6.45, 7) is 0.924. The molecule has 1 unspecified atom stereocenters. The zero-order valence-electron chi connectivity index (χ0n) is 9.47. The molecular formula is C11H12BrN3O3. The van der Waals surface area contributed by atoms with Gasteiger partial charge >= 0.3 is 5.97 Å². The Hall–Kier alpha value is -1.47. The van der Waals surface area contributed by atoms with Crippen LogP contribution < -0.4 is 10.6 Å². The average Bonchev–Trinajstić information content (AvgIpc) is 2.71. The lowest BCUT2D eigenvalue weighted by atomic mass is 10.1. The minimum absolute atomic E-state index is 0.0726. The third kappa shape index (κ3) is 2.37. The average molecular weight is 314 g/mol. The van der Waals surface area contributed by atoms with Crippen LogP contribution in [0.1, 0.15) is 16.8 Å². The fourth-order valence-corrected chi connectivity index (χ4v) is 2.29. The van der Waals surface area contributed by atoms with Crippen LogP contribution in [0.25, 0.3) is 0 Å². The Balaban J connectivity index is 2.32. The van der Waals surface area contributed by atoms with Gasteiger partial charge in [0.2, 0.25) is 5.91 Å². The van der Waals surface area contributed by atoms with Gasteiger partial charge < -0.3 is 10.8 Å². The topological polar surface area (TPSA) is 96.5 Å². The van der Waals surface area contributed by atoms with Crippen molar-refractivity contribution in [2.24, 2.45) is 11.7 Å². The molecule has 1 aromatic heterocycles. The number of aromatic nitrogens is 1. The molecular weight excluding hydrogens is 302 g/mol. The van der Waals surface area contributed by atoms with Crippen LogP contribution in [0.3, 0.4) is 0 Å². The molecule has 0 saturated carbocycles. The minimum atomic E-state index is -1.06. The zero-order chi connectivity index (χ0) is 13.3. The van der Waals surface area contributed by atoms with Crippen molar-refractivity contribution in [3.8, 4) is 0 Å². The Morgan fingerprint density at radius 1 is 1.67 bits per heavy atom. The quantitative estimate of drug-likeness (QED) is 0.862. The van der Waals surface area contributed by atoms with Gasteiger partial charge in [-0.3, -0.25) is 9.69 Å². The van der Waals surface area contributed by atoms with Crippen LogP contribution in [0.15, 0.2) is 16.7 Å². The number of anilines is 1. The highest BCUT2D eigenvalue weighted by Gasteiger charge is 2.31. The molecule has 1 fully saturated rings. The van der Waals surface area contributed by atoms with Crippen molar-refractivity contribution < 1.29 is 14.7 Å². The van der Waals surface area contributed by atoms with Crippen LogP contribution in [-0.2, 0) is 4.79 Å². The van der Waals surface area contributed by atoms with Crippen molar-refractivity contribution in [2.75, 3.05) is 18.0 Å². The number of carbonyl (C=O) groups is 2. The van der Waals surface area contributed by atoms with Crippen molar-refractivity contribution in [2.45, 2.75) is 6.42 Å². The van der Waals surface area contributed by atoms with Gasteiger partial charge in [0, 0.05) is 19.2 Å². The molecule has 0 aromatic carbocycles. The number of hydrogen-bond acceptors (Lipinski definition) is 4. The molecule has 2 heterocycles. The third-order valence-corrected chi connectivity index (χ3v) is 3.52. The number of carbonyl (C=O) groups excluding carboxylic acids is 1. The number of nitrogens with two attached hydrogens (primary N) is 1. The van der Waals surface area contributed by atoms with E-state index in [1.165, 1.54) is 17.2 Å². The smallest absolute Gasteiger partial charge is 0.337 e. The molecule has 6 nitrogen and oxygen atoms in total.